The zero-order valence-corrected chi connectivity index (χ0v) is 10.5. The summed E-state index contributed by atoms with van der Waals surface area (Å²) in [7, 11) is 1.90. The van der Waals surface area contributed by atoms with Crippen molar-refractivity contribution in [2.75, 3.05) is 5.75 Å². The van der Waals surface area contributed by atoms with E-state index in [-0.39, 0.29) is 0 Å². The van der Waals surface area contributed by atoms with Crippen molar-refractivity contribution in [2.45, 2.75) is 31.0 Å². The summed E-state index contributed by atoms with van der Waals surface area (Å²) in [5.41, 5.74) is 9.96. The number of carbonyl (C=O) groups excluding carboxylic acids is 1. The Labute approximate surface area is 98.8 Å². The molecule has 1 unspecified atom stereocenters. The molecule has 0 spiro atoms. The first kappa shape index (κ1) is 13.0. The monoisotopic (exact) mass is 243 g/mol. The molecular formula is C9H17N5OS. The molecule has 6 nitrogen and oxygen atoms in total. The number of hydrogen-bond acceptors (Lipinski definition) is 5. The van der Waals surface area contributed by atoms with E-state index in [4.69, 9.17) is 11.5 Å². The Morgan fingerprint density at radius 3 is 2.62 bits per heavy atom. The molecule has 0 saturated heterocycles. The number of hydrogen-bond donors (Lipinski definition) is 2. The predicted molar refractivity (Wildman–Crippen MR) is 62.9 cm³/mol. The number of primary amides is 1. The Kier molecular flexibility index (Phi) is 3.93. The van der Waals surface area contributed by atoms with Crippen molar-refractivity contribution in [3.05, 3.63) is 5.82 Å². The Bertz CT molecular complexity index is 387. The summed E-state index contributed by atoms with van der Waals surface area (Å²) in [5.74, 6) is 1.05. The topological polar surface area (TPSA) is 99.8 Å². The first-order chi connectivity index (χ1) is 7.34. The molecule has 0 saturated carbocycles. The van der Waals surface area contributed by atoms with Gasteiger partial charge in [-0.3, -0.25) is 4.79 Å². The molecule has 16 heavy (non-hydrogen) atoms. The van der Waals surface area contributed by atoms with Crippen LogP contribution in [0.25, 0.3) is 0 Å². The Balaban J connectivity index is 2.48. The lowest BCUT2D eigenvalue weighted by Crippen LogP contribution is -2.49. The minimum Gasteiger partial charge on any atom is -0.368 e. The highest BCUT2D eigenvalue weighted by Crippen LogP contribution is 2.19. The van der Waals surface area contributed by atoms with Gasteiger partial charge in [0, 0.05) is 12.8 Å². The highest BCUT2D eigenvalue weighted by atomic mass is 32.2. The quantitative estimate of drug-likeness (QED) is 0.698. The Hall–Kier alpha value is -1.08. The molecule has 1 heterocycles. The van der Waals surface area contributed by atoms with Gasteiger partial charge >= 0.3 is 0 Å². The van der Waals surface area contributed by atoms with Crippen molar-refractivity contribution in [1.82, 2.24) is 14.8 Å². The fourth-order valence-corrected chi connectivity index (χ4v) is 2.12. The maximum absolute atomic E-state index is 11.0. The molecule has 90 valence electrons. The molecule has 1 aromatic rings. The second-order valence-corrected chi connectivity index (χ2v) is 5.03. The van der Waals surface area contributed by atoms with Crippen LogP contribution in [0.15, 0.2) is 5.16 Å². The van der Waals surface area contributed by atoms with Crippen LogP contribution in [-0.4, -0.2) is 32.0 Å². The van der Waals surface area contributed by atoms with Crippen LogP contribution in [0.3, 0.4) is 0 Å². The van der Waals surface area contributed by atoms with Crippen LogP contribution in [0.1, 0.15) is 19.2 Å². The zero-order valence-electron chi connectivity index (χ0n) is 9.73. The lowest BCUT2D eigenvalue weighted by molar-refractivity contribution is -0.122. The molecule has 1 amide bonds. The second-order valence-electron chi connectivity index (χ2n) is 3.97. The summed E-state index contributed by atoms with van der Waals surface area (Å²) in [6.45, 7) is 3.52. The van der Waals surface area contributed by atoms with Crippen LogP contribution in [0, 0.1) is 6.92 Å². The summed E-state index contributed by atoms with van der Waals surface area (Å²) >= 11 is 1.51. The highest BCUT2D eigenvalue weighted by Gasteiger charge is 2.25. The third-order valence-corrected chi connectivity index (χ3v) is 3.49. The van der Waals surface area contributed by atoms with E-state index in [2.05, 4.69) is 10.2 Å². The van der Waals surface area contributed by atoms with Crippen molar-refractivity contribution >= 4 is 17.7 Å². The van der Waals surface area contributed by atoms with Gasteiger partial charge in [0.1, 0.15) is 5.82 Å². The third-order valence-electron chi connectivity index (χ3n) is 2.47. The number of aromatic nitrogens is 3. The smallest absolute Gasteiger partial charge is 0.237 e. The largest absolute Gasteiger partial charge is 0.368 e. The number of carbonyl (C=O) groups is 1. The maximum atomic E-state index is 11.0. The van der Waals surface area contributed by atoms with Gasteiger partial charge in [0.25, 0.3) is 0 Å². The fraction of sp³-hybridized carbons (Fsp3) is 0.667. The molecule has 1 rings (SSSR count). The Morgan fingerprint density at radius 2 is 2.19 bits per heavy atom. The lowest BCUT2D eigenvalue weighted by Gasteiger charge is -2.19. The van der Waals surface area contributed by atoms with Crippen LogP contribution in [0.5, 0.6) is 0 Å². The van der Waals surface area contributed by atoms with Gasteiger partial charge in [-0.05, 0) is 20.3 Å². The standard InChI is InChI=1S/C9H17N5OS/c1-6-12-13-8(14(6)3)16-5-4-9(2,11)7(10)15/h4-5,11H2,1-3H3,(H2,10,15). The third kappa shape index (κ3) is 2.96. The van der Waals surface area contributed by atoms with E-state index in [1.165, 1.54) is 11.8 Å². The molecule has 4 N–H and O–H groups in total. The fourth-order valence-electron chi connectivity index (χ4n) is 0.991. The highest BCUT2D eigenvalue weighted by molar-refractivity contribution is 7.99. The van der Waals surface area contributed by atoms with E-state index in [1.807, 2.05) is 18.5 Å². The SMILES string of the molecule is Cc1nnc(SCCC(C)(N)C(N)=O)n1C. The van der Waals surface area contributed by atoms with Gasteiger partial charge in [-0.2, -0.15) is 0 Å². The maximum Gasteiger partial charge on any atom is 0.237 e. The van der Waals surface area contributed by atoms with E-state index >= 15 is 0 Å². The van der Waals surface area contributed by atoms with Gasteiger partial charge in [-0.1, -0.05) is 11.8 Å². The van der Waals surface area contributed by atoms with Gasteiger partial charge in [0.05, 0.1) is 5.54 Å². The molecular weight excluding hydrogens is 226 g/mol. The molecule has 0 radical (unpaired) electrons. The molecule has 0 fully saturated rings. The van der Waals surface area contributed by atoms with Crippen molar-refractivity contribution in [3.8, 4) is 0 Å². The van der Waals surface area contributed by atoms with Crippen LogP contribution in [-0.2, 0) is 11.8 Å². The van der Waals surface area contributed by atoms with Crippen LogP contribution in [0.2, 0.25) is 0 Å². The molecule has 7 heteroatoms. The summed E-state index contributed by atoms with van der Waals surface area (Å²) in [5, 5.41) is 8.75. The van der Waals surface area contributed by atoms with E-state index in [0.717, 1.165) is 11.0 Å². The number of thioether (sulfide) groups is 1. The summed E-state index contributed by atoms with van der Waals surface area (Å²) in [6.07, 6.45) is 0.513. The normalized spacial score (nSPS) is 14.8. The van der Waals surface area contributed by atoms with Crippen molar-refractivity contribution in [1.29, 1.82) is 0 Å². The average Bonchev–Trinajstić information content (AvgIpc) is 2.49. The minimum atomic E-state index is -0.958. The van der Waals surface area contributed by atoms with Crippen LogP contribution >= 0.6 is 11.8 Å². The van der Waals surface area contributed by atoms with Crippen molar-refractivity contribution < 1.29 is 4.79 Å². The molecule has 0 aliphatic rings. The van der Waals surface area contributed by atoms with Gasteiger partial charge in [0.15, 0.2) is 5.16 Å². The van der Waals surface area contributed by atoms with E-state index in [1.54, 1.807) is 6.92 Å². The zero-order chi connectivity index (χ0) is 12.3. The van der Waals surface area contributed by atoms with Crippen molar-refractivity contribution in [2.24, 2.45) is 18.5 Å². The number of amides is 1. The number of nitrogens with zero attached hydrogens (tertiary/aromatic N) is 3. The average molecular weight is 243 g/mol. The lowest BCUT2D eigenvalue weighted by atomic mass is 10.0. The van der Waals surface area contributed by atoms with Gasteiger partial charge in [-0.15, -0.1) is 10.2 Å². The van der Waals surface area contributed by atoms with Crippen LogP contribution in [0.4, 0.5) is 0 Å². The predicted octanol–water partition coefficient (Wildman–Crippen LogP) is -0.192. The van der Waals surface area contributed by atoms with Crippen molar-refractivity contribution in [3.63, 3.8) is 0 Å². The minimum absolute atomic E-state index is 0.484. The first-order valence-electron chi connectivity index (χ1n) is 4.92. The van der Waals surface area contributed by atoms with E-state index in [0.29, 0.717) is 12.2 Å². The number of rotatable bonds is 5. The van der Waals surface area contributed by atoms with Gasteiger partial charge in [0.2, 0.25) is 5.91 Å². The number of nitrogens with two attached hydrogens (primary N) is 2. The molecule has 0 bridgehead atoms. The van der Waals surface area contributed by atoms with E-state index < -0.39 is 11.4 Å². The molecule has 0 aliphatic heterocycles. The summed E-state index contributed by atoms with van der Waals surface area (Å²) < 4.78 is 1.89. The summed E-state index contributed by atoms with van der Waals surface area (Å²) in [4.78, 5) is 11.0. The van der Waals surface area contributed by atoms with E-state index in [9.17, 15) is 4.79 Å². The summed E-state index contributed by atoms with van der Waals surface area (Å²) in [6, 6.07) is 0. The molecule has 1 aromatic heterocycles. The molecule has 1 atom stereocenters. The first-order valence-corrected chi connectivity index (χ1v) is 5.91. The molecule has 0 aliphatic carbocycles. The Morgan fingerprint density at radius 1 is 1.56 bits per heavy atom. The van der Waals surface area contributed by atoms with Crippen LogP contribution < -0.4 is 11.5 Å². The van der Waals surface area contributed by atoms with Gasteiger partial charge in [-0.25, -0.2) is 0 Å². The van der Waals surface area contributed by atoms with Gasteiger partial charge < -0.3 is 16.0 Å². The molecule has 0 aromatic carbocycles. The number of aryl methyl sites for hydroxylation is 1. The second kappa shape index (κ2) is 4.84.